The fourth-order valence-corrected chi connectivity index (χ4v) is 1.76. The molecule has 0 spiro atoms. The zero-order valence-electron chi connectivity index (χ0n) is 8.17. The lowest BCUT2D eigenvalue weighted by Gasteiger charge is -2.03. The Kier molecular flexibility index (Phi) is 2.99. The lowest BCUT2D eigenvalue weighted by atomic mass is 10.1. The molecule has 0 aliphatic carbocycles. The van der Waals surface area contributed by atoms with Gasteiger partial charge in [0.25, 0.3) is 5.91 Å². The minimum Gasteiger partial charge on any atom is -0.364 e. The average Bonchev–Trinajstić information content (AvgIpc) is 2.75. The molecule has 1 heterocycles. The maximum atomic E-state index is 13.5. The van der Waals surface area contributed by atoms with E-state index in [2.05, 4.69) is 15.4 Å². The van der Waals surface area contributed by atoms with Crippen molar-refractivity contribution in [3.05, 3.63) is 33.7 Å². The lowest BCUT2D eigenvalue weighted by molar-refractivity contribution is 0.0996. The summed E-state index contributed by atoms with van der Waals surface area (Å²) in [7, 11) is 0. The SMILES string of the molecule is NC(=O)c1n[nH]nc1-c1ccc(Cl)c(F)c1Cl. The highest BCUT2D eigenvalue weighted by atomic mass is 35.5. The number of hydrogen-bond acceptors (Lipinski definition) is 3. The summed E-state index contributed by atoms with van der Waals surface area (Å²) in [6.07, 6.45) is 0. The molecular weight excluding hydrogens is 270 g/mol. The molecule has 3 N–H and O–H groups in total. The molecule has 1 amide bonds. The number of benzene rings is 1. The molecule has 0 radical (unpaired) electrons. The molecule has 1 aromatic carbocycles. The quantitative estimate of drug-likeness (QED) is 0.822. The van der Waals surface area contributed by atoms with Crippen LogP contribution in [0.4, 0.5) is 4.39 Å². The Labute approximate surface area is 105 Å². The Bertz CT molecular complexity index is 599. The highest BCUT2D eigenvalue weighted by Crippen LogP contribution is 2.33. The summed E-state index contributed by atoms with van der Waals surface area (Å²) in [6.45, 7) is 0. The Morgan fingerprint density at radius 2 is 2.06 bits per heavy atom. The second-order valence-electron chi connectivity index (χ2n) is 3.11. The Morgan fingerprint density at radius 1 is 1.35 bits per heavy atom. The lowest BCUT2D eigenvalue weighted by Crippen LogP contribution is -2.12. The van der Waals surface area contributed by atoms with Gasteiger partial charge in [-0.3, -0.25) is 4.79 Å². The zero-order valence-corrected chi connectivity index (χ0v) is 9.68. The minimum atomic E-state index is -0.792. The van der Waals surface area contributed by atoms with Crippen LogP contribution in [-0.4, -0.2) is 21.3 Å². The van der Waals surface area contributed by atoms with E-state index in [4.69, 9.17) is 28.9 Å². The highest BCUT2D eigenvalue weighted by molar-refractivity contribution is 6.36. The normalized spacial score (nSPS) is 10.5. The number of amides is 1. The number of aromatic amines is 1. The van der Waals surface area contributed by atoms with Gasteiger partial charge in [-0.25, -0.2) is 4.39 Å². The number of aromatic nitrogens is 3. The van der Waals surface area contributed by atoms with E-state index in [0.29, 0.717) is 0 Å². The molecule has 5 nitrogen and oxygen atoms in total. The van der Waals surface area contributed by atoms with Crippen LogP contribution in [-0.2, 0) is 0 Å². The van der Waals surface area contributed by atoms with Crippen LogP contribution in [0, 0.1) is 5.82 Å². The molecule has 0 aliphatic heterocycles. The second-order valence-corrected chi connectivity index (χ2v) is 3.89. The molecule has 8 heteroatoms. The first-order chi connectivity index (χ1) is 8.02. The van der Waals surface area contributed by atoms with Crippen molar-refractivity contribution in [2.45, 2.75) is 0 Å². The Balaban J connectivity index is 2.65. The maximum Gasteiger partial charge on any atom is 0.271 e. The van der Waals surface area contributed by atoms with E-state index in [1.807, 2.05) is 0 Å². The number of carbonyl (C=O) groups excluding carboxylic acids is 1. The first kappa shape index (κ1) is 11.8. The van der Waals surface area contributed by atoms with Gasteiger partial charge >= 0.3 is 0 Å². The van der Waals surface area contributed by atoms with Crippen molar-refractivity contribution in [3.8, 4) is 11.3 Å². The van der Waals surface area contributed by atoms with Crippen LogP contribution in [0.25, 0.3) is 11.3 Å². The van der Waals surface area contributed by atoms with Gasteiger partial charge in [0.05, 0.1) is 10.0 Å². The third kappa shape index (κ3) is 1.96. The van der Waals surface area contributed by atoms with Gasteiger partial charge in [0.15, 0.2) is 11.5 Å². The van der Waals surface area contributed by atoms with Gasteiger partial charge in [-0.15, -0.1) is 0 Å². The van der Waals surface area contributed by atoms with Gasteiger partial charge < -0.3 is 5.73 Å². The molecule has 0 unspecified atom stereocenters. The van der Waals surface area contributed by atoms with Gasteiger partial charge in [0, 0.05) is 5.56 Å². The molecule has 0 aliphatic rings. The fourth-order valence-electron chi connectivity index (χ4n) is 1.30. The summed E-state index contributed by atoms with van der Waals surface area (Å²) in [5.74, 6) is -1.58. The van der Waals surface area contributed by atoms with Crippen molar-refractivity contribution in [2.75, 3.05) is 0 Å². The van der Waals surface area contributed by atoms with Crippen LogP contribution >= 0.6 is 23.2 Å². The Morgan fingerprint density at radius 3 is 2.71 bits per heavy atom. The van der Waals surface area contributed by atoms with Crippen LogP contribution in [0.15, 0.2) is 12.1 Å². The van der Waals surface area contributed by atoms with Gasteiger partial charge in [0.1, 0.15) is 5.69 Å². The fraction of sp³-hybridized carbons (Fsp3) is 0. The number of H-pyrrole nitrogens is 1. The number of hydrogen-bond donors (Lipinski definition) is 2. The third-order valence-electron chi connectivity index (χ3n) is 2.07. The first-order valence-electron chi connectivity index (χ1n) is 4.36. The summed E-state index contributed by atoms with van der Waals surface area (Å²) in [5, 5.41) is 9.13. The molecule has 2 rings (SSSR count). The summed E-state index contributed by atoms with van der Waals surface area (Å²) >= 11 is 11.3. The number of primary amides is 1. The van der Waals surface area contributed by atoms with Crippen molar-refractivity contribution in [1.82, 2.24) is 15.4 Å². The van der Waals surface area contributed by atoms with Gasteiger partial charge in [-0.2, -0.15) is 15.4 Å². The largest absolute Gasteiger partial charge is 0.364 e. The molecule has 0 atom stereocenters. The molecular formula is C9H5Cl2FN4O. The van der Waals surface area contributed by atoms with E-state index >= 15 is 0 Å². The van der Waals surface area contributed by atoms with Gasteiger partial charge in [-0.1, -0.05) is 23.2 Å². The van der Waals surface area contributed by atoms with E-state index in [0.717, 1.165) is 0 Å². The van der Waals surface area contributed by atoms with Crippen molar-refractivity contribution in [2.24, 2.45) is 5.73 Å². The monoisotopic (exact) mass is 274 g/mol. The standard InChI is InChI=1S/C9H5Cl2FN4O/c10-4-2-1-3(5(11)6(4)12)7-8(9(13)17)15-16-14-7/h1-2H,(H2,13,17)(H,14,15,16). The van der Waals surface area contributed by atoms with Crippen LogP contribution in [0.3, 0.4) is 0 Å². The van der Waals surface area contributed by atoms with E-state index < -0.39 is 11.7 Å². The molecule has 0 fully saturated rings. The zero-order chi connectivity index (χ0) is 12.6. The second kappa shape index (κ2) is 4.31. The van der Waals surface area contributed by atoms with Crippen LogP contribution < -0.4 is 5.73 Å². The van der Waals surface area contributed by atoms with Gasteiger partial charge in [-0.05, 0) is 12.1 Å². The third-order valence-corrected chi connectivity index (χ3v) is 2.73. The van der Waals surface area contributed by atoms with Crippen LogP contribution in [0.5, 0.6) is 0 Å². The number of nitrogens with two attached hydrogens (primary N) is 1. The first-order valence-corrected chi connectivity index (χ1v) is 5.12. The molecule has 0 bridgehead atoms. The Hall–Kier alpha value is -1.66. The van der Waals surface area contributed by atoms with Crippen molar-refractivity contribution < 1.29 is 9.18 Å². The van der Waals surface area contributed by atoms with Crippen molar-refractivity contribution in [3.63, 3.8) is 0 Å². The van der Waals surface area contributed by atoms with E-state index in [9.17, 15) is 9.18 Å². The summed E-state index contributed by atoms with van der Waals surface area (Å²) < 4.78 is 13.5. The number of halogens is 3. The topological polar surface area (TPSA) is 84.7 Å². The number of nitrogens with one attached hydrogen (secondary N) is 1. The van der Waals surface area contributed by atoms with E-state index in [-0.39, 0.29) is 27.0 Å². The van der Waals surface area contributed by atoms with Crippen LogP contribution in [0.1, 0.15) is 10.5 Å². The van der Waals surface area contributed by atoms with Gasteiger partial charge in [0.2, 0.25) is 0 Å². The smallest absolute Gasteiger partial charge is 0.271 e. The molecule has 2 aromatic rings. The summed E-state index contributed by atoms with van der Waals surface area (Å²) in [4.78, 5) is 11.1. The predicted molar refractivity (Wildman–Crippen MR) is 60.3 cm³/mol. The summed E-state index contributed by atoms with van der Waals surface area (Å²) in [5.41, 5.74) is 5.25. The molecule has 88 valence electrons. The molecule has 0 saturated heterocycles. The molecule has 0 saturated carbocycles. The predicted octanol–water partition coefficient (Wildman–Crippen LogP) is 2.02. The number of carbonyl (C=O) groups is 1. The average molecular weight is 275 g/mol. The number of nitrogens with zero attached hydrogens (tertiary/aromatic N) is 2. The van der Waals surface area contributed by atoms with E-state index in [1.165, 1.54) is 12.1 Å². The van der Waals surface area contributed by atoms with Crippen LogP contribution in [0.2, 0.25) is 10.0 Å². The summed E-state index contributed by atoms with van der Waals surface area (Å²) in [6, 6.07) is 2.73. The molecule has 1 aromatic heterocycles. The number of rotatable bonds is 2. The van der Waals surface area contributed by atoms with Crippen molar-refractivity contribution in [1.29, 1.82) is 0 Å². The molecule has 17 heavy (non-hydrogen) atoms. The van der Waals surface area contributed by atoms with Crippen molar-refractivity contribution >= 4 is 29.1 Å². The minimum absolute atomic E-state index is 0.0815. The van der Waals surface area contributed by atoms with E-state index in [1.54, 1.807) is 0 Å². The highest BCUT2D eigenvalue weighted by Gasteiger charge is 2.20. The maximum absolute atomic E-state index is 13.5.